The molecule has 0 aromatic rings. The summed E-state index contributed by atoms with van der Waals surface area (Å²) in [6.45, 7) is 16.9. The molecule has 2 nitrogen and oxygen atoms in total. The predicted molar refractivity (Wildman–Crippen MR) is 119 cm³/mol. The smallest absolute Gasteiger partial charge is 0.192 e. The van der Waals surface area contributed by atoms with E-state index < -0.39 is 8.32 Å². The summed E-state index contributed by atoms with van der Waals surface area (Å²) in [6.07, 6.45) is 11.6. The van der Waals surface area contributed by atoms with Gasteiger partial charge in [-0.3, -0.25) is 4.79 Å². The van der Waals surface area contributed by atoms with Crippen LogP contribution in [0.5, 0.6) is 0 Å². The maximum Gasteiger partial charge on any atom is 0.192 e. The number of carbonyl (C=O) groups is 1. The third-order valence-corrected chi connectivity index (χ3v) is 15.1. The highest BCUT2D eigenvalue weighted by Crippen LogP contribution is 2.66. The molecule has 4 rings (SSSR count). The molecule has 4 saturated carbocycles. The lowest BCUT2D eigenvalue weighted by Crippen LogP contribution is -2.60. The number of Topliss-reactive ketones (excluding diaryl/α,β-unsaturated/α-hetero) is 1. The molecule has 3 heteroatoms. The van der Waals surface area contributed by atoms with Crippen LogP contribution in [0.25, 0.3) is 0 Å². The third kappa shape index (κ3) is 2.93. The Balaban J connectivity index is 1.65. The van der Waals surface area contributed by atoms with E-state index in [-0.39, 0.29) is 10.5 Å². The third-order valence-electron chi connectivity index (χ3n) is 10.6. The molecule has 1 unspecified atom stereocenters. The molecule has 160 valence electrons. The Bertz CT molecular complexity index is 635. The van der Waals surface area contributed by atoms with Gasteiger partial charge in [0.15, 0.2) is 8.32 Å². The van der Waals surface area contributed by atoms with E-state index >= 15 is 0 Å². The lowest BCUT2D eigenvalue weighted by molar-refractivity contribution is -0.160. The van der Waals surface area contributed by atoms with Gasteiger partial charge < -0.3 is 4.43 Å². The maximum absolute atomic E-state index is 12.7. The molecule has 0 saturated heterocycles. The predicted octanol–water partition coefficient (Wildman–Crippen LogP) is 6.99. The van der Waals surface area contributed by atoms with Gasteiger partial charge in [-0.1, -0.05) is 41.0 Å². The van der Waals surface area contributed by atoms with E-state index in [1.54, 1.807) is 0 Å². The normalized spacial score (nSPS) is 46.7. The molecule has 4 aliphatic carbocycles. The molecule has 0 heterocycles. The summed E-state index contributed by atoms with van der Waals surface area (Å²) >= 11 is 0. The van der Waals surface area contributed by atoms with Crippen molar-refractivity contribution in [1.82, 2.24) is 0 Å². The number of ketones is 1. The standard InChI is InChI=1S/C25H44O2Si/c1-23(2,3)28(6,7)27-22-10-8-9-17-11-12-18-19-13-14-21(26)24(19,4)16-15-20(18)25(17,22)5/h17-20,22H,8-16H2,1-7H3/t17-,18+,19+,20+,22?,24+,25+/m1/s1. The minimum absolute atomic E-state index is 0.00514. The SMILES string of the molecule is CC(C)(C)[Si](C)(C)OC1CCC[C@@H]2CC[C@@H]3[C@H](CC[C@]4(C)C(=O)CC[C@@H]34)[C@@]12C. The van der Waals surface area contributed by atoms with Gasteiger partial charge in [-0.25, -0.2) is 0 Å². The molecule has 28 heavy (non-hydrogen) atoms. The first-order valence-corrected chi connectivity index (χ1v) is 15.0. The van der Waals surface area contributed by atoms with Crippen LogP contribution in [-0.2, 0) is 9.22 Å². The van der Waals surface area contributed by atoms with Crippen LogP contribution in [0.4, 0.5) is 0 Å². The second-order valence-electron chi connectivity index (χ2n) is 12.7. The van der Waals surface area contributed by atoms with Crippen molar-refractivity contribution in [2.45, 2.75) is 117 Å². The fourth-order valence-electron chi connectivity index (χ4n) is 7.78. The van der Waals surface area contributed by atoms with Crippen molar-refractivity contribution in [1.29, 1.82) is 0 Å². The lowest BCUT2D eigenvalue weighted by Gasteiger charge is -2.62. The second-order valence-corrected chi connectivity index (χ2v) is 17.5. The summed E-state index contributed by atoms with van der Waals surface area (Å²) < 4.78 is 7.19. The van der Waals surface area contributed by atoms with Crippen LogP contribution in [0, 0.1) is 34.5 Å². The topological polar surface area (TPSA) is 26.3 Å². The Hall–Kier alpha value is -0.153. The molecule has 4 fully saturated rings. The van der Waals surface area contributed by atoms with E-state index in [0.717, 1.165) is 37.0 Å². The molecule has 0 bridgehead atoms. The monoisotopic (exact) mass is 404 g/mol. The van der Waals surface area contributed by atoms with E-state index in [2.05, 4.69) is 47.7 Å². The van der Waals surface area contributed by atoms with E-state index in [1.165, 1.54) is 38.5 Å². The fraction of sp³-hybridized carbons (Fsp3) is 0.960. The highest BCUT2D eigenvalue weighted by Gasteiger charge is 2.62. The zero-order valence-corrected chi connectivity index (χ0v) is 20.6. The van der Waals surface area contributed by atoms with Crippen molar-refractivity contribution >= 4 is 14.1 Å². The first-order chi connectivity index (χ1) is 12.9. The van der Waals surface area contributed by atoms with Gasteiger partial charge in [0.2, 0.25) is 0 Å². The van der Waals surface area contributed by atoms with Gasteiger partial charge in [-0.05, 0) is 92.2 Å². The zero-order valence-electron chi connectivity index (χ0n) is 19.6. The average Bonchev–Trinajstić information content (AvgIpc) is 2.90. The highest BCUT2D eigenvalue weighted by atomic mass is 28.4. The first kappa shape index (κ1) is 21.1. The Morgan fingerprint density at radius 2 is 1.68 bits per heavy atom. The molecule has 0 amide bonds. The number of hydrogen-bond acceptors (Lipinski definition) is 2. The molecular formula is C25H44O2Si. The van der Waals surface area contributed by atoms with Gasteiger partial charge in [0, 0.05) is 11.8 Å². The van der Waals surface area contributed by atoms with Crippen molar-refractivity contribution in [3.63, 3.8) is 0 Å². The van der Waals surface area contributed by atoms with Crippen LogP contribution in [0.15, 0.2) is 0 Å². The Kier molecular flexibility index (Phi) is 5.03. The van der Waals surface area contributed by atoms with Crippen molar-refractivity contribution in [2.24, 2.45) is 34.5 Å². The van der Waals surface area contributed by atoms with Crippen molar-refractivity contribution in [3.05, 3.63) is 0 Å². The zero-order chi connectivity index (χ0) is 20.5. The lowest BCUT2D eigenvalue weighted by atomic mass is 9.44. The van der Waals surface area contributed by atoms with Gasteiger partial charge in [0.05, 0.1) is 6.10 Å². The summed E-state index contributed by atoms with van der Waals surface area (Å²) in [6, 6.07) is 0. The molecular weight excluding hydrogens is 360 g/mol. The van der Waals surface area contributed by atoms with Crippen LogP contribution < -0.4 is 0 Å². The average molecular weight is 405 g/mol. The van der Waals surface area contributed by atoms with E-state index in [4.69, 9.17) is 4.43 Å². The molecule has 4 aliphatic rings. The molecule has 7 atom stereocenters. The van der Waals surface area contributed by atoms with E-state index in [0.29, 0.717) is 23.2 Å². The highest BCUT2D eigenvalue weighted by molar-refractivity contribution is 6.74. The van der Waals surface area contributed by atoms with Gasteiger partial charge in [0.25, 0.3) is 0 Å². The van der Waals surface area contributed by atoms with Crippen LogP contribution in [0.2, 0.25) is 18.1 Å². The molecule has 0 aromatic heterocycles. The van der Waals surface area contributed by atoms with Crippen LogP contribution in [-0.4, -0.2) is 20.2 Å². The Morgan fingerprint density at radius 3 is 2.36 bits per heavy atom. The molecule has 0 spiro atoms. The van der Waals surface area contributed by atoms with Crippen molar-refractivity contribution < 1.29 is 9.22 Å². The Morgan fingerprint density at radius 1 is 0.964 bits per heavy atom. The van der Waals surface area contributed by atoms with Crippen molar-refractivity contribution in [2.75, 3.05) is 0 Å². The minimum atomic E-state index is -1.78. The first-order valence-electron chi connectivity index (χ1n) is 12.1. The summed E-state index contributed by atoms with van der Waals surface area (Å²) in [4.78, 5) is 12.7. The summed E-state index contributed by atoms with van der Waals surface area (Å²) in [5.41, 5.74) is 0.318. The van der Waals surface area contributed by atoms with Gasteiger partial charge in [-0.15, -0.1) is 0 Å². The number of hydrogen-bond donors (Lipinski definition) is 0. The Labute approximate surface area is 174 Å². The van der Waals surface area contributed by atoms with Crippen LogP contribution in [0.3, 0.4) is 0 Å². The molecule has 0 radical (unpaired) electrons. The van der Waals surface area contributed by atoms with Gasteiger partial charge in [0.1, 0.15) is 5.78 Å². The quantitative estimate of drug-likeness (QED) is 0.464. The maximum atomic E-state index is 12.7. The minimum Gasteiger partial charge on any atom is -0.413 e. The molecule has 0 aromatic carbocycles. The molecule has 0 aliphatic heterocycles. The number of fused-ring (bicyclic) bond motifs is 5. The number of rotatable bonds is 2. The van der Waals surface area contributed by atoms with Crippen LogP contribution in [0.1, 0.15) is 92.4 Å². The summed E-state index contributed by atoms with van der Waals surface area (Å²) in [7, 11) is -1.78. The van der Waals surface area contributed by atoms with Crippen LogP contribution >= 0.6 is 0 Å². The van der Waals surface area contributed by atoms with Gasteiger partial charge >= 0.3 is 0 Å². The molecule has 0 N–H and O–H groups in total. The number of carbonyl (C=O) groups excluding carboxylic acids is 1. The summed E-state index contributed by atoms with van der Waals surface area (Å²) in [5.74, 6) is 3.58. The second kappa shape index (κ2) is 6.67. The van der Waals surface area contributed by atoms with Gasteiger partial charge in [-0.2, -0.15) is 0 Å². The van der Waals surface area contributed by atoms with E-state index in [1.807, 2.05) is 0 Å². The largest absolute Gasteiger partial charge is 0.413 e. The fourth-order valence-corrected chi connectivity index (χ4v) is 9.21. The summed E-state index contributed by atoms with van der Waals surface area (Å²) in [5, 5.41) is 0.271. The van der Waals surface area contributed by atoms with E-state index in [9.17, 15) is 4.79 Å². The van der Waals surface area contributed by atoms with Crippen molar-refractivity contribution in [3.8, 4) is 0 Å².